The third-order valence-electron chi connectivity index (χ3n) is 3.57. The fraction of sp³-hybridized carbons (Fsp3) is 0.909. The molecule has 0 spiro atoms. The van der Waals surface area contributed by atoms with E-state index in [2.05, 4.69) is 27.8 Å². The Labute approximate surface area is 94.2 Å². The molecule has 1 saturated heterocycles. The second kappa shape index (κ2) is 4.21. The van der Waals surface area contributed by atoms with Crippen molar-refractivity contribution in [1.29, 1.82) is 0 Å². The standard InChI is InChI=1S/C11H18BrNO/c1-8-7-13(6-5-10(8)12)11(14)9-3-2-4-9/h8-10H,2-7H2,1H3. The summed E-state index contributed by atoms with van der Waals surface area (Å²) >= 11 is 3.66. The fourth-order valence-corrected chi connectivity index (χ4v) is 2.60. The van der Waals surface area contributed by atoms with Crippen molar-refractivity contribution in [2.45, 2.75) is 37.4 Å². The van der Waals surface area contributed by atoms with E-state index in [9.17, 15) is 4.79 Å². The van der Waals surface area contributed by atoms with Gasteiger partial charge in [0.1, 0.15) is 0 Å². The molecular formula is C11H18BrNO. The van der Waals surface area contributed by atoms with Crippen LogP contribution in [-0.2, 0) is 4.79 Å². The minimum atomic E-state index is 0.370. The lowest BCUT2D eigenvalue weighted by atomic mass is 9.83. The second-order valence-electron chi connectivity index (χ2n) is 4.69. The predicted molar refractivity (Wildman–Crippen MR) is 60.4 cm³/mol. The third-order valence-corrected chi connectivity index (χ3v) is 4.93. The van der Waals surface area contributed by atoms with Crippen LogP contribution in [-0.4, -0.2) is 28.7 Å². The monoisotopic (exact) mass is 259 g/mol. The van der Waals surface area contributed by atoms with Crippen LogP contribution in [0.3, 0.4) is 0 Å². The number of hydrogen-bond acceptors (Lipinski definition) is 1. The maximum Gasteiger partial charge on any atom is 0.225 e. The molecule has 0 bridgehead atoms. The molecule has 1 amide bonds. The SMILES string of the molecule is CC1CN(C(=O)C2CCC2)CCC1Br. The number of hydrogen-bond donors (Lipinski definition) is 0. The van der Waals surface area contributed by atoms with Gasteiger partial charge >= 0.3 is 0 Å². The van der Waals surface area contributed by atoms with Gasteiger partial charge < -0.3 is 4.90 Å². The number of alkyl halides is 1. The largest absolute Gasteiger partial charge is 0.342 e. The molecule has 14 heavy (non-hydrogen) atoms. The van der Waals surface area contributed by atoms with E-state index < -0.39 is 0 Å². The number of rotatable bonds is 1. The first-order valence-electron chi connectivity index (χ1n) is 5.61. The molecule has 1 aliphatic carbocycles. The van der Waals surface area contributed by atoms with Gasteiger partial charge in [-0.2, -0.15) is 0 Å². The van der Waals surface area contributed by atoms with Gasteiger partial charge in [-0.05, 0) is 25.2 Å². The number of amides is 1. The zero-order chi connectivity index (χ0) is 10.1. The van der Waals surface area contributed by atoms with Crippen LogP contribution in [0.2, 0.25) is 0 Å². The highest BCUT2D eigenvalue weighted by Crippen LogP contribution is 2.31. The Morgan fingerprint density at radius 1 is 1.36 bits per heavy atom. The summed E-state index contributed by atoms with van der Waals surface area (Å²) in [7, 11) is 0. The van der Waals surface area contributed by atoms with Crippen molar-refractivity contribution < 1.29 is 4.79 Å². The molecule has 1 aliphatic heterocycles. The van der Waals surface area contributed by atoms with Crippen LogP contribution in [0.4, 0.5) is 0 Å². The molecule has 1 heterocycles. The summed E-state index contributed by atoms with van der Waals surface area (Å²) in [5.41, 5.74) is 0. The molecule has 0 aromatic heterocycles. The van der Waals surface area contributed by atoms with E-state index in [1.54, 1.807) is 0 Å². The topological polar surface area (TPSA) is 20.3 Å². The summed E-state index contributed by atoms with van der Waals surface area (Å²) in [5, 5.41) is 0. The van der Waals surface area contributed by atoms with Gasteiger partial charge in [-0.1, -0.05) is 29.3 Å². The van der Waals surface area contributed by atoms with Crippen molar-refractivity contribution in [2.75, 3.05) is 13.1 Å². The van der Waals surface area contributed by atoms with Gasteiger partial charge in [0.15, 0.2) is 0 Å². The van der Waals surface area contributed by atoms with Crippen molar-refractivity contribution in [3.05, 3.63) is 0 Å². The molecule has 0 N–H and O–H groups in total. The van der Waals surface area contributed by atoms with Crippen molar-refractivity contribution in [3.63, 3.8) is 0 Å². The van der Waals surface area contributed by atoms with Crippen LogP contribution in [0.25, 0.3) is 0 Å². The lowest BCUT2D eigenvalue weighted by Crippen LogP contribution is -2.46. The molecule has 2 fully saturated rings. The first kappa shape index (κ1) is 10.5. The van der Waals surface area contributed by atoms with Crippen molar-refractivity contribution >= 4 is 21.8 Å². The molecule has 80 valence electrons. The van der Waals surface area contributed by atoms with Gasteiger partial charge in [0, 0.05) is 23.8 Å². The van der Waals surface area contributed by atoms with Crippen molar-refractivity contribution in [1.82, 2.24) is 4.90 Å². The molecule has 2 rings (SSSR count). The molecule has 0 aromatic carbocycles. The maximum atomic E-state index is 11.9. The molecular weight excluding hydrogens is 242 g/mol. The average Bonchev–Trinajstić information content (AvgIpc) is 2.06. The summed E-state index contributed by atoms with van der Waals surface area (Å²) < 4.78 is 0. The Morgan fingerprint density at radius 2 is 2.07 bits per heavy atom. The van der Waals surface area contributed by atoms with Gasteiger partial charge in [-0.25, -0.2) is 0 Å². The Kier molecular flexibility index (Phi) is 3.15. The minimum Gasteiger partial charge on any atom is -0.342 e. The molecule has 1 saturated carbocycles. The summed E-state index contributed by atoms with van der Waals surface area (Å²) in [6.45, 7) is 4.13. The average molecular weight is 260 g/mol. The molecule has 3 heteroatoms. The van der Waals surface area contributed by atoms with Gasteiger partial charge in [-0.15, -0.1) is 0 Å². The van der Waals surface area contributed by atoms with E-state index in [-0.39, 0.29) is 0 Å². The van der Waals surface area contributed by atoms with Gasteiger partial charge in [0.25, 0.3) is 0 Å². The second-order valence-corrected chi connectivity index (χ2v) is 5.87. The first-order valence-corrected chi connectivity index (χ1v) is 6.53. The number of piperidine rings is 1. The Morgan fingerprint density at radius 3 is 2.57 bits per heavy atom. The van der Waals surface area contributed by atoms with Crippen LogP contribution in [0.1, 0.15) is 32.6 Å². The number of likely N-dealkylation sites (tertiary alicyclic amines) is 1. The lowest BCUT2D eigenvalue weighted by Gasteiger charge is -2.38. The third kappa shape index (κ3) is 1.97. The van der Waals surface area contributed by atoms with E-state index in [1.165, 1.54) is 6.42 Å². The van der Waals surface area contributed by atoms with E-state index in [0.29, 0.717) is 22.6 Å². The van der Waals surface area contributed by atoms with Gasteiger partial charge in [0.2, 0.25) is 5.91 Å². The highest BCUT2D eigenvalue weighted by atomic mass is 79.9. The zero-order valence-corrected chi connectivity index (χ0v) is 10.3. The normalized spacial score (nSPS) is 34.0. The van der Waals surface area contributed by atoms with Crippen LogP contribution < -0.4 is 0 Å². The number of carbonyl (C=O) groups excluding carboxylic acids is 1. The van der Waals surface area contributed by atoms with Crippen LogP contribution in [0, 0.1) is 11.8 Å². The van der Waals surface area contributed by atoms with Crippen molar-refractivity contribution in [3.8, 4) is 0 Å². The highest BCUT2D eigenvalue weighted by molar-refractivity contribution is 9.09. The molecule has 0 radical (unpaired) electrons. The van der Waals surface area contributed by atoms with Crippen LogP contribution >= 0.6 is 15.9 Å². The molecule has 2 nitrogen and oxygen atoms in total. The lowest BCUT2D eigenvalue weighted by molar-refractivity contribution is -0.139. The summed E-state index contributed by atoms with van der Waals surface area (Å²) in [5.74, 6) is 1.39. The van der Waals surface area contributed by atoms with Gasteiger partial charge in [-0.3, -0.25) is 4.79 Å². The minimum absolute atomic E-state index is 0.370. The summed E-state index contributed by atoms with van der Waals surface area (Å²) in [4.78, 5) is 14.6. The highest BCUT2D eigenvalue weighted by Gasteiger charge is 2.33. The predicted octanol–water partition coefficient (Wildman–Crippen LogP) is 2.42. The number of nitrogens with zero attached hydrogens (tertiary/aromatic N) is 1. The zero-order valence-electron chi connectivity index (χ0n) is 8.71. The fourth-order valence-electron chi connectivity index (χ4n) is 2.23. The Hall–Kier alpha value is -0.0500. The quantitative estimate of drug-likeness (QED) is 0.663. The Bertz CT molecular complexity index is 227. The molecule has 2 unspecified atom stereocenters. The van der Waals surface area contributed by atoms with E-state index in [4.69, 9.17) is 0 Å². The summed E-state index contributed by atoms with van der Waals surface area (Å²) in [6.07, 6.45) is 4.61. The number of halogens is 1. The molecule has 2 atom stereocenters. The number of carbonyl (C=O) groups is 1. The first-order chi connectivity index (χ1) is 6.68. The Balaban J connectivity index is 1.88. The van der Waals surface area contributed by atoms with E-state index >= 15 is 0 Å². The molecule has 2 aliphatic rings. The van der Waals surface area contributed by atoms with E-state index in [1.807, 2.05) is 0 Å². The van der Waals surface area contributed by atoms with E-state index in [0.717, 1.165) is 32.4 Å². The van der Waals surface area contributed by atoms with Crippen LogP contribution in [0.15, 0.2) is 0 Å². The summed E-state index contributed by atoms with van der Waals surface area (Å²) in [6, 6.07) is 0. The van der Waals surface area contributed by atoms with Crippen molar-refractivity contribution in [2.24, 2.45) is 11.8 Å². The van der Waals surface area contributed by atoms with Crippen LogP contribution in [0.5, 0.6) is 0 Å². The van der Waals surface area contributed by atoms with Gasteiger partial charge in [0.05, 0.1) is 0 Å². The maximum absolute atomic E-state index is 11.9. The molecule has 0 aromatic rings. The smallest absolute Gasteiger partial charge is 0.225 e.